The van der Waals surface area contributed by atoms with Crippen molar-refractivity contribution in [2.24, 2.45) is 0 Å². The molecule has 1 aliphatic carbocycles. The molecule has 1 aliphatic rings. The van der Waals surface area contributed by atoms with Crippen LogP contribution in [0.4, 0.5) is 0 Å². The number of carbonyl (C=O) groups is 2. The highest BCUT2D eigenvalue weighted by atomic mass is 16.5. The predicted octanol–water partition coefficient (Wildman–Crippen LogP) is 4.02. The van der Waals surface area contributed by atoms with Crippen molar-refractivity contribution in [2.75, 3.05) is 0 Å². The van der Waals surface area contributed by atoms with E-state index >= 15 is 0 Å². The first-order valence-electron chi connectivity index (χ1n) is 10.1. The number of hydrogen-bond donors (Lipinski definition) is 2. The molecule has 0 saturated heterocycles. The molecule has 30 heavy (non-hydrogen) atoms. The van der Waals surface area contributed by atoms with E-state index in [0.717, 1.165) is 24.0 Å². The average molecular weight is 400 g/mol. The van der Waals surface area contributed by atoms with Crippen LogP contribution in [-0.4, -0.2) is 17.9 Å². The maximum absolute atomic E-state index is 12.9. The van der Waals surface area contributed by atoms with E-state index in [4.69, 9.17) is 4.74 Å². The minimum absolute atomic E-state index is 0.191. The molecule has 0 heterocycles. The first-order valence-corrected chi connectivity index (χ1v) is 10.1. The highest BCUT2D eigenvalue weighted by Crippen LogP contribution is 2.27. The van der Waals surface area contributed by atoms with Crippen molar-refractivity contribution < 1.29 is 14.3 Å². The van der Waals surface area contributed by atoms with E-state index in [1.165, 1.54) is 0 Å². The van der Waals surface area contributed by atoms with Gasteiger partial charge >= 0.3 is 0 Å². The quantitative estimate of drug-likeness (QED) is 0.600. The van der Waals surface area contributed by atoms with Crippen LogP contribution in [0.2, 0.25) is 0 Å². The normalized spacial score (nSPS) is 13.9. The topological polar surface area (TPSA) is 67.4 Å². The molecule has 3 aromatic carbocycles. The Hall–Kier alpha value is -3.60. The monoisotopic (exact) mass is 400 g/mol. The van der Waals surface area contributed by atoms with Crippen LogP contribution in [0, 0.1) is 0 Å². The smallest absolute Gasteiger partial charge is 0.266 e. The number of carbonyl (C=O) groups excluding carboxylic acids is 2. The number of benzene rings is 3. The Morgan fingerprint density at radius 2 is 1.50 bits per heavy atom. The van der Waals surface area contributed by atoms with Gasteiger partial charge in [0, 0.05) is 18.2 Å². The fourth-order valence-corrected chi connectivity index (χ4v) is 3.16. The zero-order chi connectivity index (χ0) is 20.8. The van der Waals surface area contributed by atoms with Crippen molar-refractivity contribution in [2.45, 2.75) is 31.5 Å². The summed E-state index contributed by atoms with van der Waals surface area (Å²) in [7, 11) is 0. The number of hydrogen-bond acceptors (Lipinski definition) is 3. The second-order valence-corrected chi connectivity index (χ2v) is 7.36. The van der Waals surface area contributed by atoms with Crippen LogP contribution in [0.25, 0.3) is 0 Å². The van der Waals surface area contributed by atoms with Crippen LogP contribution in [0.5, 0.6) is 5.75 Å². The summed E-state index contributed by atoms with van der Waals surface area (Å²) >= 11 is 0. The number of ether oxygens (including phenoxy) is 1. The maximum Gasteiger partial charge on any atom is 0.266 e. The Morgan fingerprint density at radius 3 is 2.20 bits per heavy atom. The summed E-state index contributed by atoms with van der Waals surface area (Å²) in [5, 5.41) is 5.92. The lowest BCUT2D eigenvalue weighted by Gasteiger charge is -2.21. The molecule has 2 N–H and O–H groups in total. The SMILES string of the molecule is O=C(NCc1ccccc1)c1ccccc1O[C@@H](C(=O)NC1CC1)c1ccccc1. The van der Waals surface area contributed by atoms with Gasteiger partial charge in [-0.1, -0.05) is 72.8 Å². The van der Waals surface area contributed by atoms with E-state index in [-0.39, 0.29) is 17.9 Å². The second-order valence-electron chi connectivity index (χ2n) is 7.36. The number of para-hydroxylation sites is 1. The summed E-state index contributed by atoms with van der Waals surface area (Å²) in [5.41, 5.74) is 2.15. The van der Waals surface area contributed by atoms with Gasteiger partial charge < -0.3 is 15.4 Å². The highest BCUT2D eigenvalue weighted by molar-refractivity contribution is 5.97. The van der Waals surface area contributed by atoms with E-state index in [1.54, 1.807) is 24.3 Å². The Kier molecular flexibility index (Phi) is 6.09. The minimum Gasteiger partial charge on any atom is -0.475 e. The van der Waals surface area contributed by atoms with Gasteiger partial charge in [0.1, 0.15) is 5.75 Å². The van der Waals surface area contributed by atoms with E-state index in [1.807, 2.05) is 60.7 Å². The maximum atomic E-state index is 12.9. The molecule has 152 valence electrons. The van der Waals surface area contributed by atoms with Crippen LogP contribution in [-0.2, 0) is 11.3 Å². The van der Waals surface area contributed by atoms with Crippen molar-refractivity contribution in [3.63, 3.8) is 0 Å². The summed E-state index contributed by atoms with van der Waals surface area (Å²) in [4.78, 5) is 25.7. The van der Waals surface area contributed by atoms with E-state index in [0.29, 0.717) is 17.9 Å². The van der Waals surface area contributed by atoms with Gasteiger partial charge in [0.25, 0.3) is 11.8 Å². The zero-order valence-corrected chi connectivity index (χ0v) is 16.6. The fraction of sp³-hybridized carbons (Fsp3) is 0.200. The van der Waals surface area contributed by atoms with E-state index in [2.05, 4.69) is 10.6 Å². The van der Waals surface area contributed by atoms with E-state index < -0.39 is 6.10 Å². The van der Waals surface area contributed by atoms with Gasteiger partial charge in [-0.25, -0.2) is 0 Å². The van der Waals surface area contributed by atoms with Crippen molar-refractivity contribution in [1.29, 1.82) is 0 Å². The van der Waals surface area contributed by atoms with Gasteiger partial charge in [-0.2, -0.15) is 0 Å². The third-order valence-electron chi connectivity index (χ3n) is 4.94. The summed E-state index contributed by atoms with van der Waals surface area (Å²) in [5.74, 6) is -0.0603. The molecule has 0 aromatic heterocycles. The first kappa shape index (κ1) is 19.7. The molecule has 0 spiro atoms. The van der Waals surface area contributed by atoms with Crippen molar-refractivity contribution in [3.05, 3.63) is 102 Å². The van der Waals surface area contributed by atoms with E-state index in [9.17, 15) is 9.59 Å². The van der Waals surface area contributed by atoms with Crippen molar-refractivity contribution in [1.82, 2.24) is 10.6 Å². The third-order valence-corrected chi connectivity index (χ3v) is 4.94. The summed E-state index contributed by atoms with van der Waals surface area (Å²) in [6.45, 7) is 0.415. The zero-order valence-electron chi connectivity index (χ0n) is 16.6. The summed E-state index contributed by atoms with van der Waals surface area (Å²) < 4.78 is 6.12. The molecule has 1 atom stereocenters. The highest BCUT2D eigenvalue weighted by Gasteiger charge is 2.30. The first-order chi connectivity index (χ1) is 14.7. The number of amides is 2. The number of rotatable bonds is 8. The molecule has 0 bridgehead atoms. The molecule has 0 radical (unpaired) electrons. The van der Waals surface area contributed by atoms with Crippen LogP contribution < -0.4 is 15.4 Å². The molecular formula is C25H24N2O3. The standard InChI is InChI=1S/C25H24N2O3/c28-24(26-17-18-9-3-1-4-10-18)21-13-7-8-14-22(21)30-23(19-11-5-2-6-12-19)25(29)27-20-15-16-20/h1-14,20,23H,15-17H2,(H,26,28)(H,27,29)/t23-/m1/s1. The van der Waals surface area contributed by atoms with Gasteiger partial charge in [-0.15, -0.1) is 0 Å². The fourth-order valence-electron chi connectivity index (χ4n) is 3.16. The number of nitrogens with one attached hydrogen (secondary N) is 2. The van der Waals surface area contributed by atoms with Crippen LogP contribution in [0.3, 0.4) is 0 Å². The molecule has 0 unspecified atom stereocenters. The second kappa shape index (κ2) is 9.27. The van der Waals surface area contributed by atoms with Crippen molar-refractivity contribution in [3.8, 4) is 5.75 Å². The third kappa shape index (κ3) is 5.06. The lowest BCUT2D eigenvalue weighted by atomic mass is 10.1. The molecule has 5 nitrogen and oxygen atoms in total. The molecule has 0 aliphatic heterocycles. The Morgan fingerprint density at radius 1 is 0.867 bits per heavy atom. The molecular weight excluding hydrogens is 376 g/mol. The van der Waals surface area contributed by atoms with Gasteiger partial charge in [-0.3, -0.25) is 9.59 Å². The average Bonchev–Trinajstić information content (AvgIpc) is 3.61. The minimum atomic E-state index is -0.824. The van der Waals surface area contributed by atoms with Gasteiger partial charge in [-0.05, 0) is 30.5 Å². The van der Waals surface area contributed by atoms with Gasteiger partial charge in [0.05, 0.1) is 5.56 Å². The van der Waals surface area contributed by atoms with Crippen molar-refractivity contribution >= 4 is 11.8 Å². The molecule has 2 amide bonds. The predicted molar refractivity (Wildman–Crippen MR) is 115 cm³/mol. The summed E-state index contributed by atoms with van der Waals surface area (Å²) in [6, 6.07) is 26.3. The molecule has 4 rings (SSSR count). The Labute approximate surface area is 176 Å². The molecule has 3 aromatic rings. The van der Waals surface area contributed by atoms with Gasteiger partial charge in [0.2, 0.25) is 6.10 Å². The lowest BCUT2D eigenvalue weighted by Crippen LogP contribution is -2.34. The molecule has 1 saturated carbocycles. The Balaban J connectivity index is 1.53. The van der Waals surface area contributed by atoms with Gasteiger partial charge in [0.15, 0.2) is 0 Å². The molecule has 1 fully saturated rings. The Bertz CT molecular complexity index is 1000. The summed E-state index contributed by atoms with van der Waals surface area (Å²) in [6.07, 6.45) is 1.16. The lowest BCUT2D eigenvalue weighted by molar-refractivity contribution is -0.128. The largest absolute Gasteiger partial charge is 0.475 e. The van der Waals surface area contributed by atoms with Crippen LogP contribution in [0.1, 0.15) is 40.4 Å². The van der Waals surface area contributed by atoms with Crippen LogP contribution in [0.15, 0.2) is 84.9 Å². The molecule has 5 heteroatoms. The van der Waals surface area contributed by atoms with Crippen LogP contribution >= 0.6 is 0 Å².